The summed E-state index contributed by atoms with van der Waals surface area (Å²) in [4.78, 5) is 4.44. The number of ether oxygens (including phenoxy) is 1. The number of aryl methyl sites for hydroxylation is 1. The van der Waals surface area contributed by atoms with Crippen molar-refractivity contribution in [3.05, 3.63) is 52.7 Å². The topological polar surface area (TPSA) is 48.1 Å². The second-order valence-electron chi connectivity index (χ2n) is 3.76. The molecule has 2 rings (SSSR count). The first kappa shape index (κ1) is 12.8. The van der Waals surface area contributed by atoms with Crippen molar-refractivity contribution in [2.45, 2.75) is 6.92 Å². The first-order chi connectivity index (χ1) is 8.56. The van der Waals surface area contributed by atoms with Gasteiger partial charge in [-0.1, -0.05) is 23.8 Å². The van der Waals surface area contributed by atoms with Crippen molar-refractivity contribution in [1.29, 1.82) is 0 Å². The maximum atomic E-state index is 5.94. The molecule has 18 heavy (non-hydrogen) atoms. The molecule has 1 aromatic carbocycles. The predicted octanol–water partition coefficient (Wildman–Crippen LogP) is 3.47. The zero-order valence-corrected chi connectivity index (χ0v) is 11.3. The van der Waals surface area contributed by atoms with Crippen LogP contribution in [0.3, 0.4) is 0 Å². The summed E-state index contributed by atoms with van der Waals surface area (Å²) in [6.07, 6.45) is 1.58. The predicted molar refractivity (Wildman–Crippen MR) is 76.4 cm³/mol. The van der Waals surface area contributed by atoms with Crippen molar-refractivity contribution in [2.75, 3.05) is 0 Å². The highest BCUT2D eigenvalue weighted by atomic mass is 35.5. The summed E-state index contributed by atoms with van der Waals surface area (Å²) in [5.74, 6) is 1.17. The molecule has 3 nitrogen and oxygen atoms in total. The fourth-order valence-corrected chi connectivity index (χ4v) is 1.63. The molecule has 0 aliphatic rings. The van der Waals surface area contributed by atoms with Gasteiger partial charge in [0, 0.05) is 22.8 Å². The van der Waals surface area contributed by atoms with Gasteiger partial charge in [0.05, 0.1) is 0 Å². The number of thiocarbonyl (C=S) groups is 1. The Balaban J connectivity index is 2.18. The van der Waals surface area contributed by atoms with Crippen molar-refractivity contribution in [3.8, 4) is 11.6 Å². The van der Waals surface area contributed by atoms with Gasteiger partial charge in [0.25, 0.3) is 0 Å². The first-order valence-electron chi connectivity index (χ1n) is 5.26. The summed E-state index contributed by atoms with van der Waals surface area (Å²) in [6.45, 7) is 1.92. The molecule has 5 heteroatoms. The summed E-state index contributed by atoms with van der Waals surface area (Å²) in [7, 11) is 0. The van der Waals surface area contributed by atoms with E-state index in [1.165, 1.54) is 0 Å². The quantitative estimate of drug-likeness (QED) is 0.874. The van der Waals surface area contributed by atoms with Crippen molar-refractivity contribution in [3.63, 3.8) is 0 Å². The lowest BCUT2D eigenvalue weighted by atomic mass is 10.2. The van der Waals surface area contributed by atoms with Crippen LogP contribution in [0.4, 0.5) is 0 Å². The van der Waals surface area contributed by atoms with Crippen LogP contribution in [-0.4, -0.2) is 9.97 Å². The lowest BCUT2D eigenvalue weighted by Crippen LogP contribution is -2.09. The zero-order valence-electron chi connectivity index (χ0n) is 9.68. The standard InChI is InChI=1S/C13H11ClN2OS/c1-8-6-10(3-4-11(8)14)17-12-5-2-9(7-16-12)13(15)18/h2-7H,1H3,(H2,15,18). The summed E-state index contributed by atoms with van der Waals surface area (Å²) < 4.78 is 5.60. The number of pyridine rings is 1. The monoisotopic (exact) mass is 278 g/mol. The van der Waals surface area contributed by atoms with Crippen molar-refractivity contribution in [2.24, 2.45) is 5.73 Å². The minimum absolute atomic E-state index is 0.316. The molecule has 2 aromatic rings. The maximum Gasteiger partial charge on any atom is 0.219 e. The van der Waals surface area contributed by atoms with E-state index in [9.17, 15) is 0 Å². The van der Waals surface area contributed by atoms with E-state index in [1.54, 1.807) is 30.5 Å². The Kier molecular flexibility index (Phi) is 3.79. The number of hydrogen-bond acceptors (Lipinski definition) is 3. The van der Waals surface area contributed by atoms with Gasteiger partial charge in [-0.15, -0.1) is 0 Å². The van der Waals surface area contributed by atoms with Crippen LogP contribution in [0.2, 0.25) is 5.02 Å². The highest BCUT2D eigenvalue weighted by molar-refractivity contribution is 7.80. The summed E-state index contributed by atoms with van der Waals surface area (Å²) in [5, 5.41) is 0.708. The number of aromatic nitrogens is 1. The van der Waals surface area contributed by atoms with Crippen LogP contribution in [0.5, 0.6) is 11.6 Å². The SMILES string of the molecule is Cc1cc(Oc2ccc(C(N)=S)cn2)ccc1Cl. The lowest BCUT2D eigenvalue weighted by molar-refractivity contribution is 0.462. The molecule has 0 aliphatic heterocycles. The van der Waals surface area contributed by atoms with Gasteiger partial charge < -0.3 is 10.5 Å². The lowest BCUT2D eigenvalue weighted by Gasteiger charge is -2.06. The molecule has 1 aromatic heterocycles. The average molecular weight is 279 g/mol. The second-order valence-corrected chi connectivity index (χ2v) is 4.61. The molecule has 0 bridgehead atoms. The largest absolute Gasteiger partial charge is 0.439 e. The van der Waals surface area contributed by atoms with E-state index in [0.717, 1.165) is 5.56 Å². The molecule has 0 saturated heterocycles. The third kappa shape index (κ3) is 2.97. The van der Waals surface area contributed by atoms with Crippen LogP contribution in [-0.2, 0) is 0 Å². The smallest absolute Gasteiger partial charge is 0.219 e. The summed E-state index contributed by atoms with van der Waals surface area (Å²) in [6, 6.07) is 8.92. The molecule has 0 unspecified atom stereocenters. The van der Waals surface area contributed by atoms with Crippen LogP contribution in [0.15, 0.2) is 36.5 Å². The minimum atomic E-state index is 0.316. The molecule has 0 atom stereocenters. The number of halogens is 1. The Morgan fingerprint density at radius 1 is 1.33 bits per heavy atom. The van der Waals surface area contributed by atoms with E-state index in [2.05, 4.69) is 4.98 Å². The number of nitrogens with zero attached hydrogens (tertiary/aromatic N) is 1. The molecule has 0 radical (unpaired) electrons. The average Bonchev–Trinajstić information content (AvgIpc) is 2.34. The van der Waals surface area contributed by atoms with Gasteiger partial charge in [-0.25, -0.2) is 4.98 Å². The maximum absolute atomic E-state index is 5.94. The van der Waals surface area contributed by atoms with Crippen molar-refractivity contribution in [1.82, 2.24) is 4.98 Å². The Labute approximate surface area is 116 Å². The van der Waals surface area contributed by atoms with E-state index in [1.807, 2.05) is 13.0 Å². The Morgan fingerprint density at radius 3 is 2.67 bits per heavy atom. The Morgan fingerprint density at radius 2 is 2.11 bits per heavy atom. The third-order valence-corrected chi connectivity index (χ3v) is 3.03. The number of nitrogens with two attached hydrogens (primary N) is 1. The molecule has 0 spiro atoms. The van der Waals surface area contributed by atoms with E-state index >= 15 is 0 Å². The molecule has 0 saturated carbocycles. The molecule has 1 heterocycles. The van der Waals surface area contributed by atoms with Gasteiger partial charge >= 0.3 is 0 Å². The molecule has 2 N–H and O–H groups in total. The van der Waals surface area contributed by atoms with Crippen molar-refractivity contribution >= 4 is 28.8 Å². The van der Waals surface area contributed by atoms with Gasteiger partial charge in [-0.3, -0.25) is 0 Å². The fourth-order valence-electron chi connectivity index (χ4n) is 1.39. The van der Waals surface area contributed by atoms with Crippen LogP contribution >= 0.6 is 23.8 Å². The van der Waals surface area contributed by atoms with Gasteiger partial charge in [-0.05, 0) is 36.8 Å². The van der Waals surface area contributed by atoms with Crippen LogP contribution in [0.25, 0.3) is 0 Å². The number of rotatable bonds is 3. The fraction of sp³-hybridized carbons (Fsp3) is 0.0769. The third-order valence-electron chi connectivity index (χ3n) is 2.37. The first-order valence-corrected chi connectivity index (χ1v) is 6.05. The molecule has 0 amide bonds. The molecular formula is C13H11ClN2OS. The van der Waals surface area contributed by atoms with Crippen LogP contribution < -0.4 is 10.5 Å². The Bertz CT molecular complexity index is 584. The molecule has 92 valence electrons. The normalized spacial score (nSPS) is 10.1. The summed E-state index contributed by atoms with van der Waals surface area (Å²) >= 11 is 10.8. The zero-order chi connectivity index (χ0) is 13.1. The van der Waals surface area contributed by atoms with Gasteiger partial charge in [0.1, 0.15) is 10.7 Å². The van der Waals surface area contributed by atoms with Gasteiger partial charge in [-0.2, -0.15) is 0 Å². The molecule has 0 fully saturated rings. The Hall–Kier alpha value is -1.65. The van der Waals surface area contributed by atoms with Crippen molar-refractivity contribution < 1.29 is 4.74 Å². The molecular weight excluding hydrogens is 268 g/mol. The highest BCUT2D eigenvalue weighted by Gasteiger charge is 2.02. The van der Waals surface area contributed by atoms with E-state index < -0.39 is 0 Å². The number of benzene rings is 1. The van der Waals surface area contributed by atoms with Crippen LogP contribution in [0.1, 0.15) is 11.1 Å². The van der Waals surface area contributed by atoms with E-state index in [4.69, 9.17) is 34.3 Å². The van der Waals surface area contributed by atoms with Gasteiger partial charge in [0.15, 0.2) is 0 Å². The summed E-state index contributed by atoms with van der Waals surface area (Å²) in [5.41, 5.74) is 7.15. The highest BCUT2D eigenvalue weighted by Crippen LogP contribution is 2.24. The van der Waals surface area contributed by atoms with E-state index in [0.29, 0.717) is 27.2 Å². The van der Waals surface area contributed by atoms with Crippen LogP contribution in [0, 0.1) is 6.92 Å². The molecule has 0 aliphatic carbocycles. The van der Waals surface area contributed by atoms with Gasteiger partial charge in [0.2, 0.25) is 5.88 Å². The second kappa shape index (κ2) is 5.33. The van der Waals surface area contributed by atoms with E-state index in [-0.39, 0.29) is 0 Å². The minimum Gasteiger partial charge on any atom is -0.439 e. The number of hydrogen-bond donors (Lipinski definition) is 1.